The summed E-state index contributed by atoms with van der Waals surface area (Å²) >= 11 is 0. The van der Waals surface area contributed by atoms with E-state index in [1.165, 1.54) is 0 Å². The summed E-state index contributed by atoms with van der Waals surface area (Å²) in [6, 6.07) is 0. The van der Waals surface area contributed by atoms with Crippen molar-refractivity contribution in [1.29, 1.82) is 0 Å². The number of amidine groups is 1. The third-order valence-corrected chi connectivity index (χ3v) is 0.327. The first-order chi connectivity index (χ1) is 3.18. The molecule has 0 heterocycles. The minimum absolute atomic E-state index is 0.806. The van der Waals surface area contributed by atoms with Crippen LogP contribution in [-0.4, -0.2) is 22.1 Å². The van der Waals surface area contributed by atoms with Crippen molar-refractivity contribution in [3.63, 3.8) is 0 Å². The number of carbonyl (C=O) groups is 1. The van der Waals surface area contributed by atoms with E-state index in [0.29, 0.717) is 0 Å². The first-order valence-electron chi connectivity index (χ1n) is 1.39. The number of carboxylic acid groups (broad SMARTS) is 1. The van der Waals surface area contributed by atoms with E-state index in [2.05, 4.69) is 10.9 Å². The zero-order chi connectivity index (χ0) is 5.86. The van der Waals surface area contributed by atoms with Gasteiger partial charge in [0.05, 0.1) is 0 Å². The fourth-order valence-corrected chi connectivity index (χ4v) is 0.0428. The molecule has 0 radical (unpaired) electrons. The molecule has 0 rings (SSSR count). The number of rotatable bonds is 0. The summed E-state index contributed by atoms with van der Waals surface area (Å²) in [6.07, 6.45) is 0. The standard InChI is InChI=1S/C2H4N2O3/c3-1(4-7)2(5)6/h7H,(H2,3,4)(H,5,6). The maximum atomic E-state index is 9.51. The van der Waals surface area contributed by atoms with Crippen LogP contribution in [0.2, 0.25) is 0 Å². The Bertz CT molecular complexity index is 108. The quantitative estimate of drug-likeness (QED) is 0.156. The van der Waals surface area contributed by atoms with Gasteiger partial charge in [-0.05, 0) is 0 Å². The molecular weight excluding hydrogens is 100 g/mol. The van der Waals surface area contributed by atoms with E-state index in [0.717, 1.165) is 0 Å². The summed E-state index contributed by atoms with van der Waals surface area (Å²) in [7, 11) is 0. The van der Waals surface area contributed by atoms with Crippen LogP contribution in [-0.2, 0) is 4.79 Å². The Labute approximate surface area is 39.0 Å². The van der Waals surface area contributed by atoms with Crippen LogP contribution in [0, 0.1) is 0 Å². The molecule has 0 aromatic heterocycles. The van der Waals surface area contributed by atoms with Crippen LogP contribution >= 0.6 is 0 Å². The lowest BCUT2D eigenvalue weighted by Gasteiger charge is -1.81. The highest BCUT2D eigenvalue weighted by atomic mass is 16.4. The summed E-state index contributed by atoms with van der Waals surface area (Å²) in [5, 5.41) is 17.5. The molecule has 0 saturated heterocycles. The summed E-state index contributed by atoms with van der Waals surface area (Å²) in [5.74, 6) is -2.23. The van der Waals surface area contributed by atoms with Gasteiger partial charge >= 0.3 is 5.97 Å². The SMILES string of the molecule is N/C(=N\O)C(=O)O. The highest BCUT2D eigenvalue weighted by molar-refractivity contribution is 6.33. The van der Waals surface area contributed by atoms with Crippen LogP contribution in [0.1, 0.15) is 0 Å². The zero-order valence-electron chi connectivity index (χ0n) is 3.33. The molecule has 0 aromatic rings. The fraction of sp³-hybridized carbons (Fsp3) is 0. The number of hydrogen-bond acceptors (Lipinski definition) is 3. The molecule has 5 nitrogen and oxygen atoms in total. The monoisotopic (exact) mass is 104 g/mol. The van der Waals surface area contributed by atoms with Gasteiger partial charge in [0.15, 0.2) is 0 Å². The van der Waals surface area contributed by atoms with Crippen molar-refractivity contribution in [2.45, 2.75) is 0 Å². The molecule has 0 atom stereocenters. The first kappa shape index (κ1) is 5.74. The molecule has 0 aromatic carbocycles. The smallest absolute Gasteiger partial charge is 0.374 e. The van der Waals surface area contributed by atoms with Crippen molar-refractivity contribution in [2.24, 2.45) is 10.9 Å². The normalized spacial score (nSPS) is 11.1. The Morgan fingerprint density at radius 2 is 2.14 bits per heavy atom. The Kier molecular flexibility index (Phi) is 1.65. The van der Waals surface area contributed by atoms with E-state index in [-0.39, 0.29) is 0 Å². The average molecular weight is 104 g/mol. The molecule has 4 N–H and O–H groups in total. The topological polar surface area (TPSA) is 95.9 Å². The number of aliphatic carboxylic acids is 1. The highest BCUT2D eigenvalue weighted by Crippen LogP contribution is 1.61. The van der Waals surface area contributed by atoms with Gasteiger partial charge < -0.3 is 16.0 Å². The Balaban J connectivity index is 3.82. The van der Waals surface area contributed by atoms with Crippen molar-refractivity contribution in [2.75, 3.05) is 0 Å². The number of oxime groups is 1. The lowest BCUT2D eigenvalue weighted by atomic mass is 10.6. The van der Waals surface area contributed by atoms with Crippen LogP contribution < -0.4 is 5.73 Å². The predicted molar refractivity (Wildman–Crippen MR) is 21.0 cm³/mol. The van der Waals surface area contributed by atoms with Crippen LogP contribution in [0.25, 0.3) is 0 Å². The molecule has 5 heteroatoms. The van der Waals surface area contributed by atoms with E-state index in [1.807, 2.05) is 0 Å². The second-order valence-electron chi connectivity index (χ2n) is 0.790. The molecule has 0 spiro atoms. The van der Waals surface area contributed by atoms with Gasteiger partial charge in [-0.15, -0.1) is 0 Å². The number of carboxylic acids is 1. The van der Waals surface area contributed by atoms with Crippen LogP contribution in [0.15, 0.2) is 5.16 Å². The fourth-order valence-electron chi connectivity index (χ4n) is 0.0428. The third kappa shape index (κ3) is 1.58. The molecule has 40 valence electrons. The highest BCUT2D eigenvalue weighted by Gasteiger charge is 1.99. The van der Waals surface area contributed by atoms with Gasteiger partial charge in [0, 0.05) is 0 Å². The summed E-state index contributed by atoms with van der Waals surface area (Å²) in [5.41, 5.74) is 4.52. The van der Waals surface area contributed by atoms with E-state index in [9.17, 15) is 4.79 Å². The van der Waals surface area contributed by atoms with Crippen molar-refractivity contribution in [3.8, 4) is 0 Å². The summed E-state index contributed by atoms with van der Waals surface area (Å²) < 4.78 is 0. The molecule has 0 aliphatic heterocycles. The van der Waals surface area contributed by atoms with Crippen LogP contribution in [0.5, 0.6) is 0 Å². The van der Waals surface area contributed by atoms with Gasteiger partial charge in [-0.3, -0.25) is 0 Å². The number of hydrogen-bond donors (Lipinski definition) is 3. The maximum Gasteiger partial charge on any atom is 0.374 e. The Hall–Kier alpha value is -1.26. The van der Waals surface area contributed by atoms with Crippen molar-refractivity contribution in [3.05, 3.63) is 0 Å². The van der Waals surface area contributed by atoms with Gasteiger partial charge in [0.2, 0.25) is 5.84 Å². The van der Waals surface area contributed by atoms with Gasteiger partial charge in [-0.1, -0.05) is 5.16 Å². The zero-order valence-corrected chi connectivity index (χ0v) is 3.33. The van der Waals surface area contributed by atoms with Gasteiger partial charge in [0.1, 0.15) is 0 Å². The third-order valence-electron chi connectivity index (χ3n) is 0.327. The van der Waals surface area contributed by atoms with Gasteiger partial charge in [-0.25, -0.2) is 4.79 Å². The second-order valence-corrected chi connectivity index (χ2v) is 0.790. The number of nitrogens with two attached hydrogens (primary N) is 1. The van der Waals surface area contributed by atoms with E-state index < -0.39 is 11.8 Å². The molecular formula is C2H4N2O3. The predicted octanol–water partition coefficient (Wildman–Crippen LogP) is -1.18. The first-order valence-corrected chi connectivity index (χ1v) is 1.39. The lowest BCUT2D eigenvalue weighted by Crippen LogP contribution is -2.22. The molecule has 0 saturated carbocycles. The summed E-state index contributed by atoms with van der Waals surface area (Å²) in [4.78, 5) is 9.51. The molecule has 0 bridgehead atoms. The van der Waals surface area contributed by atoms with Gasteiger partial charge in [-0.2, -0.15) is 0 Å². The molecule has 0 amide bonds. The molecule has 0 fully saturated rings. The maximum absolute atomic E-state index is 9.51. The van der Waals surface area contributed by atoms with Crippen molar-refractivity contribution in [1.82, 2.24) is 0 Å². The summed E-state index contributed by atoms with van der Waals surface area (Å²) in [6.45, 7) is 0. The van der Waals surface area contributed by atoms with E-state index >= 15 is 0 Å². The lowest BCUT2D eigenvalue weighted by molar-refractivity contribution is -0.129. The Morgan fingerprint density at radius 3 is 2.14 bits per heavy atom. The second kappa shape index (κ2) is 2.01. The van der Waals surface area contributed by atoms with E-state index in [1.54, 1.807) is 0 Å². The van der Waals surface area contributed by atoms with Gasteiger partial charge in [0.25, 0.3) is 0 Å². The Morgan fingerprint density at radius 1 is 1.71 bits per heavy atom. The van der Waals surface area contributed by atoms with Crippen molar-refractivity contribution < 1.29 is 15.1 Å². The van der Waals surface area contributed by atoms with Crippen molar-refractivity contribution >= 4 is 11.8 Å². The van der Waals surface area contributed by atoms with E-state index in [4.69, 9.17) is 10.3 Å². The molecule has 0 aliphatic rings. The molecule has 0 unspecified atom stereocenters. The minimum atomic E-state index is -1.43. The van der Waals surface area contributed by atoms with Crippen LogP contribution in [0.4, 0.5) is 0 Å². The number of nitrogens with zero attached hydrogens (tertiary/aromatic N) is 1. The largest absolute Gasteiger partial charge is 0.475 e. The minimum Gasteiger partial charge on any atom is -0.475 e. The van der Waals surface area contributed by atoms with Crippen LogP contribution in [0.3, 0.4) is 0 Å². The molecule has 7 heavy (non-hydrogen) atoms. The molecule has 0 aliphatic carbocycles. The average Bonchev–Trinajstić information content (AvgIpc) is 1.65.